The molecule has 0 spiro atoms. The van der Waals surface area contributed by atoms with Crippen LogP contribution in [0.1, 0.15) is 21.5 Å². The van der Waals surface area contributed by atoms with Gasteiger partial charge in [-0.2, -0.15) is 0 Å². The van der Waals surface area contributed by atoms with E-state index >= 15 is 0 Å². The molecule has 0 aromatic heterocycles. The van der Waals surface area contributed by atoms with Crippen LogP contribution in [0, 0.1) is 0 Å². The zero-order chi connectivity index (χ0) is 22.9. The van der Waals surface area contributed by atoms with E-state index < -0.39 is 5.97 Å². The van der Waals surface area contributed by atoms with Crippen molar-refractivity contribution in [2.75, 3.05) is 27.4 Å². The van der Waals surface area contributed by atoms with Crippen LogP contribution in [0.4, 0.5) is 0 Å². The van der Waals surface area contributed by atoms with Crippen molar-refractivity contribution < 1.29 is 34.0 Å². The number of carbonyl (C=O) groups is 1. The summed E-state index contributed by atoms with van der Waals surface area (Å²) in [5, 5.41) is 19.4. The van der Waals surface area contributed by atoms with Crippen LogP contribution in [0.3, 0.4) is 0 Å². The molecule has 0 aliphatic heterocycles. The molecule has 0 saturated heterocycles. The average Bonchev–Trinajstić information content (AvgIpc) is 2.79. The largest absolute Gasteiger partial charge is 0.508 e. The van der Waals surface area contributed by atoms with Crippen LogP contribution in [0.15, 0.2) is 60.7 Å². The summed E-state index contributed by atoms with van der Waals surface area (Å²) in [6, 6.07) is 16.5. The molecule has 0 heterocycles. The third-order valence-electron chi connectivity index (χ3n) is 4.87. The predicted molar refractivity (Wildman–Crippen MR) is 119 cm³/mol. The van der Waals surface area contributed by atoms with Crippen molar-refractivity contribution in [1.29, 1.82) is 0 Å². The Labute approximate surface area is 186 Å². The molecular weight excluding hydrogens is 412 g/mol. The number of aromatic hydroxyl groups is 2. The molecule has 0 unspecified atom stereocenters. The number of phenolic OH excluding ortho intramolecular Hbond substituents is 2. The van der Waals surface area contributed by atoms with Crippen molar-refractivity contribution in [2.45, 2.75) is 12.8 Å². The zero-order valence-corrected chi connectivity index (χ0v) is 18.0. The number of hydrogen-bond donors (Lipinski definition) is 2. The van der Waals surface area contributed by atoms with E-state index in [1.54, 1.807) is 68.8 Å². The fourth-order valence-electron chi connectivity index (χ4n) is 3.28. The summed E-state index contributed by atoms with van der Waals surface area (Å²) < 4.78 is 21.8. The summed E-state index contributed by atoms with van der Waals surface area (Å²) in [5.74, 6) is 1.44. The second kappa shape index (κ2) is 10.9. The number of esters is 1. The predicted octanol–water partition coefficient (Wildman–Crippen LogP) is 4.14. The maximum atomic E-state index is 12.6. The lowest BCUT2D eigenvalue weighted by Gasteiger charge is -2.13. The normalized spacial score (nSPS) is 10.4. The van der Waals surface area contributed by atoms with E-state index in [4.69, 9.17) is 18.9 Å². The Bertz CT molecular complexity index is 1060. The number of ether oxygens (including phenoxy) is 4. The first-order valence-electron chi connectivity index (χ1n) is 10.1. The van der Waals surface area contributed by atoms with Gasteiger partial charge in [0.05, 0.1) is 27.4 Å². The average molecular weight is 438 g/mol. The van der Waals surface area contributed by atoms with Gasteiger partial charge in [0.2, 0.25) is 0 Å². The Hall–Kier alpha value is -3.87. The molecular formula is C25H26O7. The molecule has 3 aromatic carbocycles. The quantitative estimate of drug-likeness (QED) is 0.460. The highest BCUT2D eigenvalue weighted by atomic mass is 16.5. The van der Waals surface area contributed by atoms with Gasteiger partial charge in [-0.15, -0.1) is 0 Å². The molecule has 0 aliphatic rings. The van der Waals surface area contributed by atoms with Crippen molar-refractivity contribution in [1.82, 2.24) is 0 Å². The summed E-state index contributed by atoms with van der Waals surface area (Å²) in [6.45, 7) is 0.401. The van der Waals surface area contributed by atoms with E-state index in [0.29, 0.717) is 35.7 Å². The van der Waals surface area contributed by atoms with Gasteiger partial charge in [-0.1, -0.05) is 12.1 Å². The molecule has 3 aromatic rings. The Morgan fingerprint density at radius 3 is 1.91 bits per heavy atom. The molecule has 168 valence electrons. The van der Waals surface area contributed by atoms with Gasteiger partial charge in [0.25, 0.3) is 0 Å². The van der Waals surface area contributed by atoms with Gasteiger partial charge in [0, 0.05) is 24.0 Å². The first-order chi connectivity index (χ1) is 15.5. The molecule has 0 bridgehead atoms. The minimum atomic E-state index is -0.505. The van der Waals surface area contributed by atoms with Crippen molar-refractivity contribution >= 4 is 5.97 Å². The molecule has 7 nitrogen and oxygen atoms in total. The summed E-state index contributed by atoms with van der Waals surface area (Å²) >= 11 is 0. The zero-order valence-electron chi connectivity index (χ0n) is 18.0. The fraction of sp³-hybridized carbons (Fsp3) is 0.240. The summed E-state index contributed by atoms with van der Waals surface area (Å²) in [4.78, 5) is 12.6. The molecule has 2 N–H and O–H groups in total. The van der Waals surface area contributed by atoms with Crippen molar-refractivity contribution in [3.63, 3.8) is 0 Å². The van der Waals surface area contributed by atoms with Crippen LogP contribution in [-0.4, -0.2) is 43.6 Å². The SMILES string of the molecule is COc1ccc(O)cc1CCOC(=O)c1ccccc1OCCc1cc(O)ccc1OC. The monoisotopic (exact) mass is 438 g/mol. The Morgan fingerprint density at radius 1 is 0.750 bits per heavy atom. The molecule has 3 rings (SSSR count). The van der Waals surface area contributed by atoms with Gasteiger partial charge in [-0.25, -0.2) is 4.79 Å². The van der Waals surface area contributed by atoms with Crippen LogP contribution < -0.4 is 14.2 Å². The standard InChI is InChI=1S/C25H26O7/c1-29-22-9-7-19(26)15-17(22)11-13-31-24-6-4-3-5-21(24)25(28)32-14-12-18-16-20(27)8-10-23(18)30-2/h3-10,15-16,26-27H,11-14H2,1-2H3. The van der Waals surface area contributed by atoms with E-state index in [0.717, 1.165) is 11.1 Å². The summed E-state index contributed by atoms with van der Waals surface area (Å²) in [5.41, 5.74) is 1.86. The van der Waals surface area contributed by atoms with Crippen LogP contribution >= 0.6 is 0 Å². The van der Waals surface area contributed by atoms with Crippen LogP contribution in [0.2, 0.25) is 0 Å². The second-order valence-electron chi connectivity index (χ2n) is 6.97. The lowest BCUT2D eigenvalue weighted by Crippen LogP contribution is -2.11. The van der Waals surface area contributed by atoms with Gasteiger partial charge in [0.1, 0.15) is 34.3 Å². The van der Waals surface area contributed by atoms with E-state index in [1.807, 2.05) is 0 Å². The van der Waals surface area contributed by atoms with Gasteiger partial charge in [-0.05, 0) is 48.5 Å². The minimum Gasteiger partial charge on any atom is -0.508 e. The lowest BCUT2D eigenvalue weighted by molar-refractivity contribution is 0.0504. The third kappa shape index (κ3) is 5.85. The van der Waals surface area contributed by atoms with Gasteiger partial charge < -0.3 is 29.2 Å². The highest BCUT2D eigenvalue weighted by Crippen LogP contribution is 2.26. The number of para-hydroxylation sites is 1. The maximum Gasteiger partial charge on any atom is 0.341 e. The first-order valence-corrected chi connectivity index (χ1v) is 10.1. The second-order valence-corrected chi connectivity index (χ2v) is 6.97. The molecule has 0 saturated carbocycles. The smallest absolute Gasteiger partial charge is 0.341 e. The van der Waals surface area contributed by atoms with Crippen molar-refractivity contribution in [2.24, 2.45) is 0 Å². The van der Waals surface area contributed by atoms with E-state index in [9.17, 15) is 15.0 Å². The molecule has 7 heteroatoms. The molecule has 0 aliphatic carbocycles. The molecule has 0 atom stereocenters. The number of benzene rings is 3. The highest BCUT2D eigenvalue weighted by Gasteiger charge is 2.15. The topological polar surface area (TPSA) is 94.5 Å². The lowest BCUT2D eigenvalue weighted by atomic mass is 10.1. The number of carbonyl (C=O) groups excluding carboxylic acids is 1. The fourth-order valence-corrected chi connectivity index (χ4v) is 3.28. The van der Waals surface area contributed by atoms with E-state index in [-0.39, 0.29) is 24.7 Å². The van der Waals surface area contributed by atoms with Crippen LogP contribution in [0.25, 0.3) is 0 Å². The molecule has 32 heavy (non-hydrogen) atoms. The number of methoxy groups -OCH3 is 2. The van der Waals surface area contributed by atoms with Gasteiger partial charge in [0.15, 0.2) is 0 Å². The third-order valence-corrected chi connectivity index (χ3v) is 4.87. The number of phenols is 2. The van der Waals surface area contributed by atoms with Crippen molar-refractivity contribution in [3.8, 4) is 28.7 Å². The molecule has 0 radical (unpaired) electrons. The van der Waals surface area contributed by atoms with Crippen LogP contribution in [-0.2, 0) is 17.6 Å². The Kier molecular flexibility index (Phi) is 7.80. The van der Waals surface area contributed by atoms with Gasteiger partial charge >= 0.3 is 5.97 Å². The Balaban J connectivity index is 1.59. The van der Waals surface area contributed by atoms with Gasteiger partial charge in [-0.3, -0.25) is 0 Å². The molecule has 0 fully saturated rings. The Morgan fingerprint density at radius 2 is 1.31 bits per heavy atom. The van der Waals surface area contributed by atoms with E-state index in [1.165, 1.54) is 6.07 Å². The van der Waals surface area contributed by atoms with Crippen LogP contribution in [0.5, 0.6) is 28.7 Å². The first kappa shape index (κ1) is 22.8. The van der Waals surface area contributed by atoms with E-state index in [2.05, 4.69) is 0 Å². The molecule has 0 amide bonds. The van der Waals surface area contributed by atoms with Crippen molar-refractivity contribution in [3.05, 3.63) is 77.4 Å². The highest BCUT2D eigenvalue weighted by molar-refractivity contribution is 5.92. The minimum absolute atomic E-state index is 0.119. The number of hydrogen-bond acceptors (Lipinski definition) is 7. The summed E-state index contributed by atoms with van der Waals surface area (Å²) in [6.07, 6.45) is 0.877. The summed E-state index contributed by atoms with van der Waals surface area (Å²) in [7, 11) is 3.11. The maximum absolute atomic E-state index is 12.6. The number of rotatable bonds is 10.